The van der Waals surface area contributed by atoms with Gasteiger partial charge in [-0.3, -0.25) is 4.55 Å². The minimum atomic E-state index is -3.91. The Kier molecular flexibility index (Phi) is 7.42. The number of hydrogen-bond acceptors (Lipinski definition) is 3. The van der Waals surface area contributed by atoms with E-state index in [1.165, 1.54) is 0 Å². The Hall–Kier alpha value is -0.850. The van der Waals surface area contributed by atoms with Crippen molar-refractivity contribution in [2.45, 2.75) is 13.0 Å². The van der Waals surface area contributed by atoms with Crippen molar-refractivity contribution in [2.75, 3.05) is 5.75 Å². The molecule has 0 radical (unpaired) electrons. The summed E-state index contributed by atoms with van der Waals surface area (Å²) in [6.07, 6.45) is 0.289. The molecule has 21 heavy (non-hydrogen) atoms. The van der Waals surface area contributed by atoms with Crippen molar-refractivity contribution in [3.05, 3.63) is 65.7 Å². The molecule has 108 valence electrons. The molecule has 6 heteroatoms. The van der Waals surface area contributed by atoms with Crippen LogP contribution in [0.5, 0.6) is 5.75 Å². The van der Waals surface area contributed by atoms with Gasteiger partial charge in [0.25, 0.3) is 10.1 Å². The topological polar surface area (TPSA) is 63.6 Å². The molecule has 0 aliphatic rings. The van der Waals surface area contributed by atoms with Gasteiger partial charge in [0.15, 0.2) is 0 Å². The second kappa shape index (κ2) is 8.56. The molecular weight excluding hydrogens is 299 g/mol. The van der Waals surface area contributed by atoms with Gasteiger partial charge in [0.05, 0.1) is 5.75 Å². The van der Waals surface area contributed by atoms with Gasteiger partial charge in [-0.2, -0.15) is 8.42 Å². The molecule has 0 saturated carbocycles. The molecule has 0 fully saturated rings. The molecule has 0 unspecified atom stereocenters. The van der Waals surface area contributed by atoms with E-state index in [2.05, 4.69) is 0 Å². The van der Waals surface area contributed by atoms with Gasteiger partial charge in [0.1, 0.15) is 12.4 Å². The van der Waals surface area contributed by atoms with Crippen LogP contribution in [0, 0.1) is 0 Å². The van der Waals surface area contributed by atoms with Crippen molar-refractivity contribution in [3.8, 4) is 5.75 Å². The smallest absolute Gasteiger partial charge is 1.00 e. The molecule has 0 aliphatic carbocycles. The summed E-state index contributed by atoms with van der Waals surface area (Å²) in [4.78, 5) is 0. The molecule has 2 aromatic rings. The van der Waals surface area contributed by atoms with Gasteiger partial charge in [-0.15, -0.1) is 0 Å². The quantitative estimate of drug-likeness (QED) is 0.593. The van der Waals surface area contributed by atoms with E-state index in [4.69, 9.17) is 9.29 Å². The second-order valence-corrected chi connectivity index (χ2v) is 6.03. The van der Waals surface area contributed by atoms with Crippen LogP contribution >= 0.6 is 0 Å². The van der Waals surface area contributed by atoms with E-state index < -0.39 is 10.1 Å². The van der Waals surface area contributed by atoms with Gasteiger partial charge in [-0.05, 0) is 29.7 Å². The molecule has 0 bridgehead atoms. The molecule has 2 rings (SSSR count). The minimum Gasteiger partial charge on any atom is -1.00 e. The zero-order chi connectivity index (χ0) is 14.4. The molecule has 2 aromatic carbocycles. The molecule has 0 amide bonds. The molecule has 4 nitrogen and oxygen atoms in total. The minimum absolute atomic E-state index is 0. The third kappa shape index (κ3) is 7.11. The average molecular weight is 316 g/mol. The number of hydrogen-bond donors (Lipinski definition) is 1. The number of ether oxygens (including phenoxy) is 1. The Balaban J connectivity index is 0.00000220. The van der Waals surface area contributed by atoms with Crippen LogP contribution in [0.15, 0.2) is 54.6 Å². The van der Waals surface area contributed by atoms with Crippen LogP contribution in [0.2, 0.25) is 0 Å². The summed E-state index contributed by atoms with van der Waals surface area (Å²) in [6.45, 7) is 0.491. The summed E-state index contributed by atoms with van der Waals surface area (Å²) >= 11 is 0. The van der Waals surface area contributed by atoms with E-state index >= 15 is 0 Å². The summed E-state index contributed by atoms with van der Waals surface area (Å²) in [6, 6.07) is 17.0. The van der Waals surface area contributed by atoms with Crippen LogP contribution in [-0.4, -0.2) is 18.7 Å². The van der Waals surface area contributed by atoms with E-state index in [0.717, 1.165) is 16.9 Å². The van der Waals surface area contributed by atoms with Gasteiger partial charge in [0, 0.05) is 0 Å². The van der Waals surface area contributed by atoms with Crippen LogP contribution in [0.1, 0.15) is 12.6 Å². The number of benzene rings is 2. The molecule has 0 atom stereocenters. The zero-order valence-corrected chi connectivity index (χ0v) is 14.7. The van der Waals surface area contributed by atoms with Crippen LogP contribution in [0.25, 0.3) is 0 Å². The standard InChI is InChI=1S/C15H16O4S.Na.H/c16-20(17,18)11-10-13-6-8-15(9-7-13)19-12-14-4-2-1-3-5-14;;/h1-9H,10-12H2,(H,16,17,18);;/q;+1;-1. The van der Waals surface area contributed by atoms with Gasteiger partial charge >= 0.3 is 29.6 Å². The van der Waals surface area contributed by atoms with Crippen molar-refractivity contribution in [1.29, 1.82) is 0 Å². The zero-order valence-electron chi connectivity index (χ0n) is 12.9. The molecule has 0 aromatic heterocycles. The fourth-order valence-electron chi connectivity index (χ4n) is 1.74. The van der Waals surface area contributed by atoms with Crippen molar-refractivity contribution < 1.29 is 48.7 Å². The van der Waals surface area contributed by atoms with Crippen molar-refractivity contribution >= 4 is 10.1 Å². The maximum Gasteiger partial charge on any atom is 1.00 e. The van der Waals surface area contributed by atoms with Crippen molar-refractivity contribution in [2.24, 2.45) is 0 Å². The molecule has 0 aliphatic heterocycles. The Bertz CT molecular complexity index is 645. The summed E-state index contributed by atoms with van der Waals surface area (Å²) in [5.41, 5.74) is 1.93. The third-order valence-electron chi connectivity index (χ3n) is 2.82. The van der Waals surface area contributed by atoms with Gasteiger partial charge in [-0.1, -0.05) is 42.5 Å². The third-order valence-corrected chi connectivity index (χ3v) is 3.54. The Morgan fingerprint density at radius 3 is 2.14 bits per heavy atom. The summed E-state index contributed by atoms with van der Waals surface area (Å²) in [5, 5.41) is 0. The van der Waals surface area contributed by atoms with E-state index in [0.29, 0.717) is 6.61 Å². The Morgan fingerprint density at radius 2 is 1.57 bits per heavy atom. The number of aryl methyl sites for hydroxylation is 1. The molecular formula is C15H17NaO4S. The normalized spacial score (nSPS) is 10.7. The largest absolute Gasteiger partial charge is 1.00 e. The van der Waals surface area contributed by atoms with Crippen LogP contribution in [0.3, 0.4) is 0 Å². The van der Waals surface area contributed by atoms with E-state index in [9.17, 15) is 8.42 Å². The van der Waals surface area contributed by atoms with Crippen molar-refractivity contribution in [3.63, 3.8) is 0 Å². The summed E-state index contributed by atoms with van der Waals surface area (Å²) in [5.74, 6) is 0.460. The van der Waals surface area contributed by atoms with Gasteiger partial charge in [0.2, 0.25) is 0 Å². The first kappa shape index (κ1) is 18.2. The monoisotopic (exact) mass is 316 g/mol. The van der Waals surface area contributed by atoms with Crippen LogP contribution in [0.4, 0.5) is 0 Å². The van der Waals surface area contributed by atoms with E-state index in [1.54, 1.807) is 24.3 Å². The summed E-state index contributed by atoms with van der Waals surface area (Å²) < 4.78 is 35.6. The maximum atomic E-state index is 10.7. The van der Waals surface area contributed by atoms with Gasteiger partial charge in [-0.25, -0.2) is 0 Å². The first-order valence-electron chi connectivity index (χ1n) is 6.24. The van der Waals surface area contributed by atoms with Crippen LogP contribution < -0.4 is 34.3 Å². The van der Waals surface area contributed by atoms with E-state index in [-0.39, 0.29) is 43.2 Å². The fraction of sp³-hybridized carbons (Fsp3) is 0.200. The first-order valence-corrected chi connectivity index (χ1v) is 7.85. The Labute approximate surface area is 148 Å². The average Bonchev–Trinajstić information content (AvgIpc) is 2.44. The molecule has 0 heterocycles. The number of rotatable bonds is 6. The van der Waals surface area contributed by atoms with Crippen molar-refractivity contribution in [1.82, 2.24) is 0 Å². The predicted octanol–water partition coefficient (Wildman–Crippen LogP) is -0.188. The first-order chi connectivity index (χ1) is 9.53. The Morgan fingerprint density at radius 1 is 0.952 bits per heavy atom. The summed E-state index contributed by atoms with van der Waals surface area (Å²) in [7, 11) is -3.91. The van der Waals surface area contributed by atoms with E-state index in [1.807, 2.05) is 30.3 Å². The van der Waals surface area contributed by atoms with Crippen LogP contribution in [-0.2, 0) is 23.1 Å². The SMILES string of the molecule is O=S(=O)(O)CCc1ccc(OCc2ccccc2)cc1.[H-].[Na+]. The predicted molar refractivity (Wildman–Crippen MR) is 78.4 cm³/mol. The second-order valence-electron chi connectivity index (χ2n) is 4.45. The molecule has 1 N–H and O–H groups in total. The molecule has 0 saturated heterocycles. The fourth-order valence-corrected chi connectivity index (χ4v) is 2.23. The maximum absolute atomic E-state index is 10.7. The molecule has 0 spiro atoms. The van der Waals surface area contributed by atoms with Gasteiger partial charge < -0.3 is 6.16 Å².